The van der Waals surface area contributed by atoms with Gasteiger partial charge in [-0.1, -0.05) is 49.4 Å². The van der Waals surface area contributed by atoms with Gasteiger partial charge in [0.1, 0.15) is 6.04 Å². The number of carbonyl (C=O) groups is 1. The zero-order chi connectivity index (χ0) is 21.1. The summed E-state index contributed by atoms with van der Waals surface area (Å²) in [4.78, 5) is 19.1. The van der Waals surface area contributed by atoms with Crippen molar-refractivity contribution in [1.82, 2.24) is 14.8 Å². The molecule has 156 valence electrons. The van der Waals surface area contributed by atoms with Gasteiger partial charge in [0.2, 0.25) is 11.1 Å². The van der Waals surface area contributed by atoms with E-state index < -0.39 is 0 Å². The molecular formula is C22H25N5OS2. The van der Waals surface area contributed by atoms with E-state index in [0.29, 0.717) is 11.5 Å². The van der Waals surface area contributed by atoms with Crippen LogP contribution in [0.4, 0.5) is 11.6 Å². The summed E-state index contributed by atoms with van der Waals surface area (Å²) in [5, 5.41) is 13.9. The summed E-state index contributed by atoms with van der Waals surface area (Å²) in [5.74, 6) is 1.53. The Balaban J connectivity index is 1.69. The molecule has 1 aliphatic heterocycles. The standard InChI is InChI=1S/C22H25N5OS2/c1-4-5-12-30-22-25-21-23-15(3)18(19(27(21)26-22)17-11-8-13-29-17)20(28)24-16-10-7-6-9-14(16)2/h6-11,13,19H,4-5,12H2,1-3H3,(H,24,28)(H,23,25,26). The Morgan fingerprint density at radius 3 is 2.83 bits per heavy atom. The first-order chi connectivity index (χ1) is 14.6. The van der Waals surface area contributed by atoms with Crippen molar-refractivity contribution in [2.45, 2.75) is 44.8 Å². The van der Waals surface area contributed by atoms with E-state index in [1.807, 2.05) is 60.3 Å². The van der Waals surface area contributed by atoms with E-state index in [2.05, 4.69) is 22.5 Å². The number of thioether (sulfide) groups is 1. The number of hydrogen-bond donors (Lipinski definition) is 2. The second kappa shape index (κ2) is 9.06. The summed E-state index contributed by atoms with van der Waals surface area (Å²) >= 11 is 3.27. The maximum absolute atomic E-state index is 13.4. The van der Waals surface area contributed by atoms with Crippen LogP contribution in [0.2, 0.25) is 0 Å². The van der Waals surface area contributed by atoms with Gasteiger partial charge in [-0.3, -0.25) is 4.79 Å². The van der Waals surface area contributed by atoms with Crippen LogP contribution in [0.5, 0.6) is 0 Å². The molecule has 1 aromatic carbocycles. The molecule has 0 saturated heterocycles. The van der Waals surface area contributed by atoms with Gasteiger partial charge in [0.15, 0.2) is 0 Å². The van der Waals surface area contributed by atoms with Crippen LogP contribution in [-0.4, -0.2) is 26.4 Å². The van der Waals surface area contributed by atoms with Crippen molar-refractivity contribution < 1.29 is 4.79 Å². The fraction of sp³-hybridized carbons (Fsp3) is 0.318. The van der Waals surface area contributed by atoms with E-state index in [0.717, 1.165) is 45.6 Å². The fourth-order valence-electron chi connectivity index (χ4n) is 3.41. The highest BCUT2D eigenvalue weighted by Crippen LogP contribution is 2.38. The third kappa shape index (κ3) is 4.15. The van der Waals surface area contributed by atoms with Crippen molar-refractivity contribution in [3.63, 3.8) is 0 Å². The third-order valence-corrected chi connectivity index (χ3v) is 6.86. The van der Waals surface area contributed by atoms with E-state index >= 15 is 0 Å². The first kappa shape index (κ1) is 20.7. The molecule has 3 aromatic rings. The molecule has 0 aliphatic carbocycles. The van der Waals surface area contributed by atoms with Gasteiger partial charge in [-0.2, -0.15) is 4.98 Å². The second-order valence-electron chi connectivity index (χ2n) is 7.22. The molecule has 2 N–H and O–H groups in total. The second-order valence-corrected chi connectivity index (χ2v) is 9.26. The molecular weight excluding hydrogens is 414 g/mol. The largest absolute Gasteiger partial charge is 0.328 e. The minimum atomic E-state index is -0.307. The fourth-order valence-corrected chi connectivity index (χ4v) is 5.14. The van der Waals surface area contributed by atoms with E-state index in [1.54, 1.807) is 23.1 Å². The minimum Gasteiger partial charge on any atom is -0.328 e. The Bertz CT molecular complexity index is 1070. The number of amides is 1. The van der Waals surface area contributed by atoms with Crippen LogP contribution < -0.4 is 10.6 Å². The number of anilines is 2. The van der Waals surface area contributed by atoms with Crippen LogP contribution in [0.25, 0.3) is 0 Å². The van der Waals surface area contributed by atoms with Crippen LogP contribution in [-0.2, 0) is 4.79 Å². The number of hydrogen-bond acceptors (Lipinski definition) is 6. The van der Waals surface area contributed by atoms with Crippen molar-refractivity contribution in [3.05, 3.63) is 63.5 Å². The number of para-hydroxylation sites is 1. The van der Waals surface area contributed by atoms with E-state index in [-0.39, 0.29) is 11.9 Å². The average Bonchev–Trinajstić information content (AvgIpc) is 3.38. The van der Waals surface area contributed by atoms with Crippen molar-refractivity contribution in [3.8, 4) is 0 Å². The van der Waals surface area contributed by atoms with Gasteiger partial charge in [-0.05, 0) is 43.3 Å². The molecule has 30 heavy (non-hydrogen) atoms. The highest BCUT2D eigenvalue weighted by Gasteiger charge is 2.35. The molecule has 1 atom stereocenters. The Labute approximate surface area is 184 Å². The lowest BCUT2D eigenvalue weighted by Crippen LogP contribution is -2.31. The van der Waals surface area contributed by atoms with Crippen LogP contribution >= 0.6 is 23.1 Å². The van der Waals surface area contributed by atoms with Crippen LogP contribution in [0.15, 0.2) is 58.2 Å². The lowest BCUT2D eigenvalue weighted by Gasteiger charge is -2.27. The van der Waals surface area contributed by atoms with Gasteiger partial charge in [0.25, 0.3) is 5.91 Å². The first-order valence-corrected chi connectivity index (χ1v) is 11.9. The topological polar surface area (TPSA) is 71.8 Å². The van der Waals surface area contributed by atoms with Crippen LogP contribution in [0.3, 0.4) is 0 Å². The van der Waals surface area contributed by atoms with Crippen molar-refractivity contribution in [2.24, 2.45) is 0 Å². The van der Waals surface area contributed by atoms with Crippen molar-refractivity contribution >= 4 is 40.6 Å². The molecule has 8 heteroatoms. The lowest BCUT2D eigenvalue weighted by molar-refractivity contribution is -0.113. The van der Waals surface area contributed by atoms with E-state index in [1.165, 1.54) is 0 Å². The molecule has 0 saturated carbocycles. The number of aryl methyl sites for hydroxylation is 1. The van der Waals surface area contributed by atoms with Gasteiger partial charge in [0, 0.05) is 22.0 Å². The van der Waals surface area contributed by atoms with E-state index in [9.17, 15) is 4.79 Å². The first-order valence-electron chi connectivity index (χ1n) is 10.1. The van der Waals surface area contributed by atoms with Gasteiger partial charge in [-0.15, -0.1) is 16.4 Å². The molecule has 1 aliphatic rings. The summed E-state index contributed by atoms with van der Waals surface area (Å²) in [5.41, 5.74) is 3.29. The maximum atomic E-state index is 13.4. The Morgan fingerprint density at radius 2 is 2.10 bits per heavy atom. The number of fused-ring (bicyclic) bond motifs is 1. The average molecular weight is 440 g/mol. The van der Waals surface area contributed by atoms with E-state index in [4.69, 9.17) is 5.10 Å². The Hall–Kier alpha value is -2.58. The molecule has 4 rings (SSSR count). The van der Waals surface area contributed by atoms with Gasteiger partial charge >= 0.3 is 0 Å². The number of thiophene rings is 1. The zero-order valence-corrected chi connectivity index (χ0v) is 18.9. The van der Waals surface area contributed by atoms with Crippen molar-refractivity contribution in [2.75, 3.05) is 16.4 Å². The number of benzene rings is 1. The molecule has 2 aromatic heterocycles. The SMILES string of the molecule is CCCCSc1nc2n(n1)C(c1cccs1)C(C(=O)Nc1ccccc1C)=C(C)N2. The smallest absolute Gasteiger partial charge is 0.255 e. The predicted molar refractivity (Wildman–Crippen MR) is 124 cm³/mol. The van der Waals surface area contributed by atoms with Crippen LogP contribution in [0.1, 0.15) is 43.2 Å². The van der Waals surface area contributed by atoms with Gasteiger partial charge in [-0.25, -0.2) is 4.68 Å². The monoisotopic (exact) mass is 439 g/mol. The number of unbranched alkanes of at least 4 members (excludes halogenated alkanes) is 1. The molecule has 0 bridgehead atoms. The Morgan fingerprint density at radius 1 is 1.27 bits per heavy atom. The van der Waals surface area contributed by atoms with Crippen molar-refractivity contribution in [1.29, 1.82) is 0 Å². The molecule has 0 radical (unpaired) electrons. The number of nitrogens with zero attached hydrogens (tertiary/aromatic N) is 3. The number of nitrogens with one attached hydrogen (secondary N) is 2. The molecule has 0 spiro atoms. The number of carbonyl (C=O) groups excluding carboxylic acids is 1. The summed E-state index contributed by atoms with van der Waals surface area (Å²) in [7, 11) is 0. The van der Waals surface area contributed by atoms with Crippen LogP contribution in [0, 0.1) is 6.92 Å². The van der Waals surface area contributed by atoms with Gasteiger partial charge < -0.3 is 10.6 Å². The molecule has 6 nitrogen and oxygen atoms in total. The summed E-state index contributed by atoms with van der Waals surface area (Å²) in [6, 6.07) is 11.5. The van der Waals surface area contributed by atoms with Gasteiger partial charge in [0.05, 0.1) is 5.57 Å². The molecule has 3 heterocycles. The lowest BCUT2D eigenvalue weighted by atomic mass is 10.0. The number of allylic oxidation sites excluding steroid dienone is 1. The predicted octanol–water partition coefficient (Wildman–Crippen LogP) is 5.47. The summed E-state index contributed by atoms with van der Waals surface area (Å²) < 4.78 is 1.85. The normalized spacial score (nSPS) is 15.6. The quantitative estimate of drug-likeness (QED) is 0.377. The highest BCUT2D eigenvalue weighted by molar-refractivity contribution is 7.99. The number of rotatable bonds is 7. The Kier molecular flexibility index (Phi) is 6.24. The summed E-state index contributed by atoms with van der Waals surface area (Å²) in [6.45, 7) is 6.09. The molecule has 1 amide bonds. The number of aromatic nitrogens is 3. The molecule has 0 fully saturated rings. The minimum absolute atomic E-state index is 0.131. The summed E-state index contributed by atoms with van der Waals surface area (Å²) in [6.07, 6.45) is 2.26. The zero-order valence-electron chi connectivity index (χ0n) is 17.3. The third-order valence-electron chi connectivity index (χ3n) is 5.01. The maximum Gasteiger partial charge on any atom is 0.255 e. The highest BCUT2D eigenvalue weighted by atomic mass is 32.2. The molecule has 1 unspecified atom stereocenters.